The molecule has 1 amide bonds. The molecule has 0 spiro atoms. The maximum absolute atomic E-state index is 13.1. The Bertz CT molecular complexity index is 1400. The van der Waals surface area contributed by atoms with Crippen molar-refractivity contribution >= 4 is 29.4 Å². The minimum Gasteiger partial charge on any atom is -0.458 e. The van der Waals surface area contributed by atoms with Gasteiger partial charge < -0.3 is 25.0 Å². The number of dihydropyridines is 1. The number of ether oxygens (including phenoxy) is 2. The van der Waals surface area contributed by atoms with Gasteiger partial charge in [-0.15, -0.1) is 0 Å². The molecule has 45 heavy (non-hydrogen) atoms. The Kier molecular flexibility index (Phi) is 10.4. The Morgan fingerprint density at radius 3 is 2.58 bits per heavy atom. The van der Waals surface area contributed by atoms with Gasteiger partial charge in [-0.1, -0.05) is 36.4 Å². The summed E-state index contributed by atoms with van der Waals surface area (Å²) < 4.78 is 11.0. The first-order valence-electron chi connectivity index (χ1n) is 16.1. The van der Waals surface area contributed by atoms with Crippen molar-refractivity contribution in [3.63, 3.8) is 0 Å². The van der Waals surface area contributed by atoms with E-state index in [-0.39, 0.29) is 19.3 Å². The molecule has 4 heterocycles. The van der Waals surface area contributed by atoms with Crippen LogP contribution in [0.1, 0.15) is 63.4 Å². The van der Waals surface area contributed by atoms with E-state index in [4.69, 9.17) is 19.5 Å². The summed E-state index contributed by atoms with van der Waals surface area (Å²) >= 11 is 0. The number of esters is 1. The second kappa shape index (κ2) is 14.4. The van der Waals surface area contributed by atoms with Crippen LogP contribution in [0.15, 0.2) is 47.5 Å². The largest absolute Gasteiger partial charge is 0.458 e. The number of aromatic nitrogens is 2. The molecular formula is C34H47N7O4. The van der Waals surface area contributed by atoms with Crippen molar-refractivity contribution < 1.29 is 19.1 Å². The van der Waals surface area contributed by atoms with Crippen LogP contribution in [-0.2, 0) is 20.9 Å². The summed E-state index contributed by atoms with van der Waals surface area (Å²) in [5.41, 5.74) is 2.23. The molecule has 1 aromatic carbocycles. The van der Waals surface area contributed by atoms with Gasteiger partial charge in [-0.2, -0.15) is 0 Å². The van der Waals surface area contributed by atoms with Crippen molar-refractivity contribution in [2.45, 2.75) is 84.7 Å². The first-order chi connectivity index (χ1) is 21.6. The molecule has 242 valence electrons. The van der Waals surface area contributed by atoms with E-state index in [9.17, 15) is 9.59 Å². The van der Waals surface area contributed by atoms with Crippen LogP contribution in [0.3, 0.4) is 0 Å². The maximum Gasteiger partial charge on any atom is 0.408 e. The smallest absolute Gasteiger partial charge is 0.408 e. The highest BCUT2D eigenvalue weighted by molar-refractivity contribution is 5.97. The number of carbonyl (C=O) groups excluding carboxylic acids is 2. The summed E-state index contributed by atoms with van der Waals surface area (Å²) in [5, 5.41) is 9.53. The first-order valence-corrected chi connectivity index (χ1v) is 16.1. The summed E-state index contributed by atoms with van der Waals surface area (Å²) in [7, 11) is 0. The van der Waals surface area contributed by atoms with Crippen molar-refractivity contribution in [3.05, 3.63) is 59.4 Å². The van der Waals surface area contributed by atoms with E-state index < -0.39 is 23.7 Å². The molecule has 2 aromatic rings. The lowest BCUT2D eigenvalue weighted by Crippen LogP contribution is -2.48. The number of rotatable bonds is 9. The molecule has 3 atom stereocenters. The second-order valence-corrected chi connectivity index (χ2v) is 13.1. The molecule has 3 N–H and O–H groups in total. The molecule has 0 bridgehead atoms. The Balaban J connectivity index is 1.22. The van der Waals surface area contributed by atoms with E-state index in [0.717, 1.165) is 49.4 Å². The summed E-state index contributed by atoms with van der Waals surface area (Å²) in [6.45, 7) is 12.1. The second-order valence-electron chi connectivity index (χ2n) is 13.1. The highest BCUT2D eigenvalue weighted by Gasteiger charge is 2.31. The number of fused-ring (bicyclic) bond motifs is 1. The third-order valence-corrected chi connectivity index (χ3v) is 8.39. The van der Waals surface area contributed by atoms with Crippen LogP contribution < -0.4 is 20.9 Å². The topological polar surface area (TPSA) is 130 Å². The highest BCUT2D eigenvalue weighted by Crippen LogP contribution is 2.31. The lowest BCUT2D eigenvalue weighted by molar-refractivity contribution is -0.156. The Hall–Kier alpha value is -3.99. The summed E-state index contributed by atoms with van der Waals surface area (Å²) in [4.78, 5) is 42.6. The van der Waals surface area contributed by atoms with Crippen LogP contribution in [0.25, 0.3) is 0 Å². The molecule has 2 saturated heterocycles. The van der Waals surface area contributed by atoms with Crippen LogP contribution >= 0.6 is 0 Å². The lowest BCUT2D eigenvalue weighted by atomic mass is 9.86. The quantitative estimate of drug-likeness (QED) is 0.343. The zero-order chi connectivity index (χ0) is 32.0. The van der Waals surface area contributed by atoms with Crippen molar-refractivity contribution in [1.29, 1.82) is 0 Å². The van der Waals surface area contributed by atoms with E-state index in [1.807, 2.05) is 44.2 Å². The van der Waals surface area contributed by atoms with Gasteiger partial charge in [0.25, 0.3) is 0 Å². The van der Waals surface area contributed by atoms with Gasteiger partial charge in [-0.3, -0.25) is 10.3 Å². The molecule has 3 aliphatic heterocycles. The number of nitrogens with zero attached hydrogens (tertiary/aromatic N) is 4. The average Bonchev–Trinajstić information content (AvgIpc) is 3.02. The maximum atomic E-state index is 13.1. The highest BCUT2D eigenvalue weighted by atomic mass is 16.6. The summed E-state index contributed by atoms with van der Waals surface area (Å²) in [6.07, 6.45) is 8.54. The third-order valence-electron chi connectivity index (χ3n) is 8.39. The van der Waals surface area contributed by atoms with Crippen LogP contribution in [0.4, 0.5) is 16.4 Å². The number of benzene rings is 1. The monoisotopic (exact) mass is 617 g/mol. The molecule has 1 aromatic heterocycles. The van der Waals surface area contributed by atoms with Crippen LogP contribution in [0.5, 0.6) is 0 Å². The predicted octanol–water partition coefficient (Wildman–Crippen LogP) is 4.69. The number of amides is 1. The normalized spacial score (nSPS) is 20.9. The van der Waals surface area contributed by atoms with Gasteiger partial charge in [0.15, 0.2) is 0 Å². The molecule has 11 heteroatoms. The first kappa shape index (κ1) is 32.4. The molecule has 0 radical (unpaired) electrons. The van der Waals surface area contributed by atoms with Gasteiger partial charge in [0.05, 0.1) is 0 Å². The fraction of sp³-hybridized carbons (Fsp3) is 0.559. The number of piperidine rings is 2. The zero-order valence-electron chi connectivity index (χ0n) is 27.1. The predicted molar refractivity (Wildman–Crippen MR) is 175 cm³/mol. The van der Waals surface area contributed by atoms with Crippen molar-refractivity contribution in [1.82, 2.24) is 20.6 Å². The van der Waals surface area contributed by atoms with Gasteiger partial charge in [0.2, 0.25) is 0 Å². The van der Waals surface area contributed by atoms with E-state index in [1.165, 1.54) is 18.6 Å². The molecule has 0 aliphatic carbocycles. The molecular weight excluding hydrogens is 570 g/mol. The van der Waals surface area contributed by atoms with Gasteiger partial charge in [0.1, 0.15) is 41.9 Å². The summed E-state index contributed by atoms with van der Waals surface area (Å²) in [6, 6.07) is 8.38. The molecule has 3 aliphatic rings. The average molecular weight is 618 g/mol. The van der Waals surface area contributed by atoms with Crippen LogP contribution in [0, 0.1) is 25.7 Å². The van der Waals surface area contributed by atoms with E-state index >= 15 is 0 Å². The van der Waals surface area contributed by atoms with Crippen molar-refractivity contribution in [3.8, 4) is 0 Å². The minimum absolute atomic E-state index is 0.0660. The molecule has 0 saturated carbocycles. The van der Waals surface area contributed by atoms with Crippen LogP contribution in [-0.4, -0.2) is 71.7 Å². The Morgan fingerprint density at radius 1 is 1.09 bits per heavy atom. The molecule has 2 fully saturated rings. The number of carbonyl (C=O) groups is 2. The van der Waals surface area contributed by atoms with Gasteiger partial charge >= 0.3 is 12.1 Å². The number of hydrogen-bond donors (Lipinski definition) is 3. The van der Waals surface area contributed by atoms with Gasteiger partial charge in [0, 0.05) is 42.7 Å². The molecule has 5 rings (SSSR count). The fourth-order valence-corrected chi connectivity index (χ4v) is 6.06. The minimum atomic E-state index is -0.996. The standard InChI is InChI=1S/C34H47N7O4/c1-22-29(36-20-28(32(42)45-34(3,4)5)40-33(43)44-21-24-10-7-6-8-11-24)37-23(2)38-31(22)41-18-15-25(16-19-41)27-14-13-26-12-9-17-35-30(26)39-27/h6-8,10-11,13-14,25-26,28,30,35H,9,12,15-21H2,1-5H3,(H,40,43)(H,36,37,38). The Morgan fingerprint density at radius 2 is 1.84 bits per heavy atom. The fourth-order valence-electron chi connectivity index (χ4n) is 6.06. The molecule has 11 nitrogen and oxygen atoms in total. The number of alkyl carbamates (subject to hydrolysis) is 1. The summed E-state index contributed by atoms with van der Waals surface area (Å²) in [5.74, 6) is 2.50. The van der Waals surface area contributed by atoms with Crippen molar-refractivity contribution in [2.24, 2.45) is 16.8 Å². The zero-order valence-corrected chi connectivity index (χ0v) is 27.1. The van der Waals surface area contributed by atoms with Crippen molar-refractivity contribution in [2.75, 3.05) is 36.4 Å². The van der Waals surface area contributed by atoms with Crippen LogP contribution in [0.2, 0.25) is 0 Å². The number of allylic oxidation sites excluding steroid dienone is 1. The van der Waals surface area contributed by atoms with Gasteiger partial charge in [-0.05, 0) is 78.5 Å². The molecule has 3 unspecified atom stereocenters. The SMILES string of the molecule is Cc1nc(NCC(NC(=O)OCc2ccccc2)C(=O)OC(C)(C)C)c(C)c(N2CCC(C3=NC4NCCCC4C=C3)CC2)n1. The number of aliphatic imine (C=N–C) groups is 1. The number of anilines is 2. The van der Waals surface area contributed by atoms with E-state index in [0.29, 0.717) is 23.5 Å². The number of aryl methyl sites for hydroxylation is 1. The number of hydrogen-bond acceptors (Lipinski definition) is 10. The third kappa shape index (κ3) is 8.81. The van der Waals surface area contributed by atoms with E-state index in [2.05, 4.69) is 38.0 Å². The van der Waals surface area contributed by atoms with E-state index in [1.54, 1.807) is 20.8 Å². The van der Waals surface area contributed by atoms with Gasteiger partial charge in [-0.25, -0.2) is 19.6 Å². The lowest BCUT2D eigenvalue weighted by Gasteiger charge is -2.36. The Labute approximate surface area is 266 Å². The number of nitrogens with one attached hydrogen (secondary N) is 3.